The lowest BCUT2D eigenvalue weighted by Gasteiger charge is -2.13. The van der Waals surface area contributed by atoms with E-state index in [0.717, 1.165) is 16.7 Å². The lowest BCUT2D eigenvalue weighted by Crippen LogP contribution is -2.04. The molecule has 0 saturated carbocycles. The average Bonchev–Trinajstić information content (AvgIpc) is 2.60. The van der Waals surface area contributed by atoms with Gasteiger partial charge in [-0.3, -0.25) is 0 Å². The third kappa shape index (κ3) is 4.62. The largest absolute Gasteiger partial charge is 0.487 e. The van der Waals surface area contributed by atoms with E-state index in [9.17, 15) is 9.18 Å². The van der Waals surface area contributed by atoms with E-state index in [2.05, 4.69) is 4.74 Å². The summed E-state index contributed by atoms with van der Waals surface area (Å²) >= 11 is 5.97. The van der Waals surface area contributed by atoms with E-state index < -0.39 is 11.8 Å². The maximum atomic E-state index is 13.1. The van der Waals surface area contributed by atoms with Crippen molar-refractivity contribution in [1.29, 1.82) is 5.26 Å². The Hall–Kier alpha value is -2.84. The summed E-state index contributed by atoms with van der Waals surface area (Å²) in [7, 11) is 1.22. The van der Waals surface area contributed by atoms with Gasteiger partial charge in [0.25, 0.3) is 0 Å². The van der Waals surface area contributed by atoms with Crippen LogP contribution in [0.2, 0.25) is 5.02 Å². The number of carbonyl (C=O) groups is 1. The molecule has 0 radical (unpaired) electrons. The fourth-order valence-corrected chi connectivity index (χ4v) is 2.60. The van der Waals surface area contributed by atoms with Crippen LogP contribution < -0.4 is 4.74 Å². The molecule has 0 unspecified atom stereocenters. The van der Waals surface area contributed by atoms with Gasteiger partial charge in [0.05, 0.1) is 12.1 Å². The van der Waals surface area contributed by atoms with Crippen molar-refractivity contribution in [1.82, 2.24) is 0 Å². The first-order valence-corrected chi connectivity index (χ1v) is 8.11. The smallest absolute Gasteiger partial charge is 0.348 e. The summed E-state index contributed by atoms with van der Waals surface area (Å²) in [4.78, 5) is 11.6. The van der Waals surface area contributed by atoms with Crippen LogP contribution in [0, 0.1) is 31.0 Å². The number of nitriles is 1. The number of benzene rings is 2. The molecule has 0 spiro atoms. The monoisotopic (exact) mass is 373 g/mol. The van der Waals surface area contributed by atoms with Crippen LogP contribution in [-0.4, -0.2) is 13.1 Å². The summed E-state index contributed by atoms with van der Waals surface area (Å²) in [6, 6.07) is 9.52. The van der Waals surface area contributed by atoms with Gasteiger partial charge in [0.15, 0.2) is 0 Å². The number of halogens is 2. The van der Waals surface area contributed by atoms with E-state index in [-0.39, 0.29) is 17.2 Å². The summed E-state index contributed by atoms with van der Waals surface area (Å²) in [5, 5.41) is 9.31. The molecule has 0 aliphatic rings. The lowest BCUT2D eigenvalue weighted by atomic mass is 9.98. The maximum Gasteiger partial charge on any atom is 0.348 e. The summed E-state index contributed by atoms with van der Waals surface area (Å²) < 4.78 is 23.4. The Morgan fingerprint density at radius 3 is 2.62 bits per heavy atom. The molecule has 2 rings (SSSR count). The van der Waals surface area contributed by atoms with Crippen LogP contribution in [0.3, 0.4) is 0 Å². The fraction of sp³-hybridized carbons (Fsp3) is 0.200. The minimum Gasteiger partial charge on any atom is -0.487 e. The van der Waals surface area contributed by atoms with Crippen LogP contribution >= 0.6 is 11.6 Å². The number of hydrogen-bond acceptors (Lipinski definition) is 4. The zero-order chi connectivity index (χ0) is 19.3. The van der Waals surface area contributed by atoms with Gasteiger partial charge in [-0.25, -0.2) is 9.18 Å². The van der Waals surface area contributed by atoms with Crippen LogP contribution in [0.5, 0.6) is 5.75 Å². The van der Waals surface area contributed by atoms with Crippen molar-refractivity contribution in [3.63, 3.8) is 0 Å². The van der Waals surface area contributed by atoms with Gasteiger partial charge < -0.3 is 9.47 Å². The van der Waals surface area contributed by atoms with Gasteiger partial charge in [0.1, 0.15) is 29.8 Å². The van der Waals surface area contributed by atoms with E-state index >= 15 is 0 Å². The Labute approximate surface area is 156 Å². The zero-order valence-corrected chi connectivity index (χ0v) is 15.4. The molecule has 0 fully saturated rings. The highest BCUT2D eigenvalue weighted by molar-refractivity contribution is 6.32. The molecular formula is C20H17ClFNO3. The third-order valence-electron chi connectivity index (χ3n) is 3.83. The van der Waals surface area contributed by atoms with Crippen molar-refractivity contribution in [2.24, 2.45) is 0 Å². The van der Waals surface area contributed by atoms with Crippen molar-refractivity contribution >= 4 is 23.6 Å². The molecule has 0 aliphatic carbocycles. The number of rotatable bonds is 5. The molecule has 2 aromatic rings. The predicted molar refractivity (Wildman–Crippen MR) is 97.3 cm³/mol. The number of ether oxygens (including phenoxy) is 2. The van der Waals surface area contributed by atoms with E-state index in [4.69, 9.17) is 21.6 Å². The third-order valence-corrected chi connectivity index (χ3v) is 4.12. The van der Waals surface area contributed by atoms with E-state index in [0.29, 0.717) is 11.3 Å². The minimum absolute atomic E-state index is 0.0899. The van der Waals surface area contributed by atoms with Crippen molar-refractivity contribution < 1.29 is 18.7 Å². The molecule has 0 bridgehead atoms. The molecule has 0 N–H and O–H groups in total. The molecule has 0 saturated heterocycles. The zero-order valence-electron chi connectivity index (χ0n) is 14.6. The Bertz CT molecular complexity index is 916. The highest BCUT2D eigenvalue weighted by Crippen LogP contribution is 2.27. The second-order valence-corrected chi connectivity index (χ2v) is 6.07. The highest BCUT2D eigenvalue weighted by atomic mass is 35.5. The SMILES string of the molecule is COC(=O)C(C#N)=Cc1cc(COc2ccc(F)cc2Cl)c(C)cc1C. The standard InChI is InChI=1S/C20H17ClFNO3/c1-12-6-13(2)16(8-14(12)7-15(10-23)20(24)25-3)11-26-19-5-4-17(22)9-18(19)21/h4-9H,11H2,1-3H3. The molecule has 134 valence electrons. The van der Waals surface area contributed by atoms with Crippen LogP contribution in [-0.2, 0) is 16.1 Å². The fourth-order valence-electron chi connectivity index (χ4n) is 2.38. The first kappa shape index (κ1) is 19.5. The number of aryl methyl sites for hydroxylation is 2. The Balaban J connectivity index is 2.31. The number of methoxy groups -OCH3 is 1. The quantitative estimate of drug-likeness (QED) is 0.431. The summed E-state index contributed by atoms with van der Waals surface area (Å²) in [6.45, 7) is 4.02. The van der Waals surface area contributed by atoms with Crippen LogP contribution in [0.1, 0.15) is 22.3 Å². The Kier molecular flexibility index (Phi) is 6.37. The van der Waals surface area contributed by atoms with Gasteiger partial charge in [-0.1, -0.05) is 17.7 Å². The molecule has 0 heterocycles. The molecule has 26 heavy (non-hydrogen) atoms. The Morgan fingerprint density at radius 2 is 2.00 bits per heavy atom. The predicted octanol–water partition coefficient (Wildman–Crippen LogP) is 4.75. The topological polar surface area (TPSA) is 59.3 Å². The second-order valence-electron chi connectivity index (χ2n) is 5.66. The molecule has 0 aliphatic heterocycles. The maximum absolute atomic E-state index is 13.1. The van der Waals surface area contributed by atoms with Crippen molar-refractivity contribution in [3.8, 4) is 11.8 Å². The van der Waals surface area contributed by atoms with Crippen molar-refractivity contribution in [2.75, 3.05) is 7.11 Å². The number of hydrogen-bond donors (Lipinski definition) is 0. The van der Waals surface area contributed by atoms with Gasteiger partial charge >= 0.3 is 5.97 Å². The van der Waals surface area contributed by atoms with Crippen LogP contribution in [0.15, 0.2) is 35.9 Å². The molecular weight excluding hydrogens is 357 g/mol. The second kappa shape index (κ2) is 8.50. The number of esters is 1. The van der Waals surface area contributed by atoms with Gasteiger partial charge in [0.2, 0.25) is 0 Å². The van der Waals surface area contributed by atoms with Crippen LogP contribution in [0.4, 0.5) is 4.39 Å². The van der Waals surface area contributed by atoms with Crippen molar-refractivity contribution in [3.05, 3.63) is 69.0 Å². The Morgan fingerprint density at radius 1 is 1.27 bits per heavy atom. The average molecular weight is 374 g/mol. The normalized spacial score (nSPS) is 11.0. The van der Waals surface area contributed by atoms with Crippen LogP contribution in [0.25, 0.3) is 6.08 Å². The van der Waals surface area contributed by atoms with E-state index in [1.807, 2.05) is 32.0 Å². The van der Waals surface area contributed by atoms with Gasteiger partial charge in [-0.05, 0) is 66.4 Å². The van der Waals surface area contributed by atoms with E-state index in [1.54, 1.807) is 0 Å². The molecule has 0 amide bonds. The molecule has 4 nitrogen and oxygen atoms in total. The summed E-state index contributed by atoms with van der Waals surface area (Å²) in [5.74, 6) is -0.756. The highest BCUT2D eigenvalue weighted by Gasteiger charge is 2.11. The number of nitrogens with zero attached hydrogens (tertiary/aromatic N) is 1. The summed E-state index contributed by atoms with van der Waals surface area (Å²) in [5.41, 5.74) is 3.36. The molecule has 0 atom stereocenters. The van der Waals surface area contributed by atoms with E-state index in [1.165, 1.54) is 31.4 Å². The van der Waals surface area contributed by atoms with Gasteiger partial charge in [-0.2, -0.15) is 5.26 Å². The molecule has 0 aromatic heterocycles. The minimum atomic E-state index is -0.691. The number of carbonyl (C=O) groups excluding carboxylic acids is 1. The first-order chi connectivity index (χ1) is 12.3. The lowest BCUT2D eigenvalue weighted by molar-refractivity contribution is -0.135. The molecule has 2 aromatic carbocycles. The molecule has 6 heteroatoms. The summed E-state index contributed by atoms with van der Waals surface area (Å²) in [6.07, 6.45) is 1.48. The first-order valence-electron chi connectivity index (χ1n) is 7.73. The van der Waals surface area contributed by atoms with Crippen molar-refractivity contribution in [2.45, 2.75) is 20.5 Å². The van der Waals surface area contributed by atoms with Gasteiger partial charge in [-0.15, -0.1) is 0 Å². The van der Waals surface area contributed by atoms with Gasteiger partial charge in [0, 0.05) is 0 Å².